The number of hydrogen-bond donors (Lipinski definition) is 2. The van der Waals surface area contributed by atoms with Crippen LogP contribution in [-0.2, 0) is 0 Å². The van der Waals surface area contributed by atoms with E-state index >= 15 is 0 Å². The van der Waals surface area contributed by atoms with E-state index in [4.69, 9.17) is 11.6 Å². The van der Waals surface area contributed by atoms with Crippen LogP contribution >= 0.6 is 11.6 Å². The Morgan fingerprint density at radius 1 is 1.47 bits per heavy atom. The van der Waals surface area contributed by atoms with E-state index in [1.165, 1.54) is 0 Å². The molecule has 1 amide bonds. The molecule has 1 atom stereocenters. The van der Waals surface area contributed by atoms with Gasteiger partial charge >= 0.3 is 0 Å². The van der Waals surface area contributed by atoms with Crippen molar-refractivity contribution in [2.75, 3.05) is 6.54 Å². The van der Waals surface area contributed by atoms with Crippen LogP contribution in [0.1, 0.15) is 55.6 Å². The molecule has 0 aromatic carbocycles. The summed E-state index contributed by atoms with van der Waals surface area (Å²) >= 11 is 5.91. The number of nitrogens with zero attached hydrogens (tertiary/aromatic N) is 1. The van der Waals surface area contributed by atoms with Crippen LogP contribution < -0.4 is 5.32 Å². The molecule has 0 saturated heterocycles. The zero-order valence-electron chi connectivity index (χ0n) is 11.6. The number of aromatic nitrogens is 1. The maximum Gasteiger partial charge on any atom is 0.251 e. The van der Waals surface area contributed by atoms with E-state index in [0.717, 1.165) is 5.69 Å². The second-order valence-corrected chi connectivity index (χ2v) is 5.25. The molecule has 0 radical (unpaired) electrons. The monoisotopic (exact) mass is 284 g/mol. The number of carbonyl (C=O) groups is 1. The van der Waals surface area contributed by atoms with Crippen LogP contribution in [0.25, 0.3) is 0 Å². The van der Waals surface area contributed by atoms with Gasteiger partial charge in [-0.15, -0.1) is 0 Å². The fourth-order valence-corrected chi connectivity index (χ4v) is 1.82. The molecule has 5 heteroatoms. The molecule has 0 fully saturated rings. The predicted molar refractivity (Wildman–Crippen MR) is 76.6 cm³/mol. The van der Waals surface area contributed by atoms with Crippen LogP contribution in [0.15, 0.2) is 12.1 Å². The molecule has 1 unspecified atom stereocenters. The normalized spacial score (nSPS) is 12.5. The first-order chi connectivity index (χ1) is 8.93. The smallest absolute Gasteiger partial charge is 0.251 e. The molecule has 106 valence electrons. The Hall–Kier alpha value is -1.13. The van der Waals surface area contributed by atoms with E-state index < -0.39 is 0 Å². The van der Waals surface area contributed by atoms with E-state index in [2.05, 4.69) is 10.3 Å². The van der Waals surface area contributed by atoms with Crippen LogP contribution in [-0.4, -0.2) is 28.6 Å². The van der Waals surface area contributed by atoms with E-state index in [9.17, 15) is 9.90 Å². The van der Waals surface area contributed by atoms with Crippen LogP contribution in [0.4, 0.5) is 0 Å². The number of nitrogens with one attached hydrogen (secondary N) is 1. The Balaban J connectivity index is 2.66. The van der Waals surface area contributed by atoms with Gasteiger partial charge in [0.1, 0.15) is 5.15 Å². The predicted octanol–water partition coefficient (Wildman–Crippen LogP) is 2.75. The summed E-state index contributed by atoms with van der Waals surface area (Å²) in [6, 6.07) is 3.31. The summed E-state index contributed by atoms with van der Waals surface area (Å²) in [7, 11) is 0. The van der Waals surface area contributed by atoms with Gasteiger partial charge in [0.2, 0.25) is 0 Å². The van der Waals surface area contributed by atoms with Crippen molar-refractivity contribution < 1.29 is 9.90 Å². The molecular formula is C14H21ClN2O2. The highest BCUT2D eigenvalue weighted by Gasteiger charge is 2.11. The van der Waals surface area contributed by atoms with Crippen molar-refractivity contribution in [2.24, 2.45) is 0 Å². The molecule has 1 rings (SSSR count). The minimum Gasteiger partial charge on any atom is -0.393 e. The number of carbonyl (C=O) groups excluding carboxylic acids is 1. The van der Waals surface area contributed by atoms with Gasteiger partial charge in [0.25, 0.3) is 5.91 Å². The molecule has 0 aliphatic heterocycles. The van der Waals surface area contributed by atoms with Crippen LogP contribution in [0, 0.1) is 0 Å². The molecule has 1 heterocycles. The summed E-state index contributed by atoms with van der Waals surface area (Å²) in [5.41, 5.74) is 1.31. The van der Waals surface area contributed by atoms with Gasteiger partial charge in [-0.25, -0.2) is 4.98 Å². The van der Waals surface area contributed by atoms with Gasteiger partial charge in [-0.2, -0.15) is 0 Å². The third-order valence-corrected chi connectivity index (χ3v) is 3.10. The number of halogens is 1. The standard InChI is InChI=1S/C14H21ClN2O2/c1-4-11(18)5-6-16-14(19)10-7-12(9(2)3)17-13(15)8-10/h7-9,11,18H,4-6H2,1-3H3,(H,16,19). The number of hydrogen-bond acceptors (Lipinski definition) is 3. The molecule has 2 N–H and O–H groups in total. The molecule has 0 aliphatic rings. The van der Waals surface area contributed by atoms with Crippen molar-refractivity contribution in [3.63, 3.8) is 0 Å². The molecule has 0 aliphatic carbocycles. The van der Waals surface area contributed by atoms with Gasteiger partial charge in [0.15, 0.2) is 0 Å². The SMILES string of the molecule is CCC(O)CCNC(=O)c1cc(Cl)nc(C(C)C)c1. The Morgan fingerprint density at radius 3 is 2.74 bits per heavy atom. The third kappa shape index (κ3) is 5.17. The topological polar surface area (TPSA) is 62.2 Å². The van der Waals surface area contributed by atoms with E-state index in [1.807, 2.05) is 20.8 Å². The lowest BCUT2D eigenvalue weighted by molar-refractivity contribution is 0.0941. The second kappa shape index (κ2) is 7.46. The molecular weight excluding hydrogens is 264 g/mol. The lowest BCUT2D eigenvalue weighted by Gasteiger charge is -2.11. The Kier molecular flexibility index (Phi) is 6.25. The van der Waals surface area contributed by atoms with Crippen molar-refractivity contribution in [1.29, 1.82) is 0 Å². The highest BCUT2D eigenvalue weighted by Crippen LogP contribution is 2.17. The summed E-state index contributed by atoms with van der Waals surface area (Å²) in [6.07, 6.45) is 0.875. The fourth-order valence-electron chi connectivity index (χ4n) is 1.60. The first-order valence-corrected chi connectivity index (χ1v) is 6.95. The van der Waals surface area contributed by atoms with Crippen molar-refractivity contribution in [3.8, 4) is 0 Å². The van der Waals surface area contributed by atoms with E-state index in [-0.39, 0.29) is 17.9 Å². The summed E-state index contributed by atoms with van der Waals surface area (Å²) in [5.74, 6) is 0.0293. The quantitative estimate of drug-likeness (QED) is 0.790. The summed E-state index contributed by atoms with van der Waals surface area (Å²) < 4.78 is 0. The van der Waals surface area contributed by atoms with Gasteiger partial charge in [-0.3, -0.25) is 4.79 Å². The minimum absolute atomic E-state index is 0.186. The van der Waals surface area contributed by atoms with Crippen LogP contribution in [0.5, 0.6) is 0 Å². The third-order valence-electron chi connectivity index (χ3n) is 2.90. The van der Waals surface area contributed by atoms with Gasteiger partial charge < -0.3 is 10.4 Å². The lowest BCUT2D eigenvalue weighted by atomic mass is 10.1. The van der Waals surface area contributed by atoms with E-state index in [1.54, 1.807) is 12.1 Å². The number of aliphatic hydroxyl groups is 1. The average Bonchev–Trinajstić information content (AvgIpc) is 2.37. The highest BCUT2D eigenvalue weighted by atomic mass is 35.5. The zero-order chi connectivity index (χ0) is 14.4. The number of rotatable bonds is 6. The van der Waals surface area contributed by atoms with Gasteiger partial charge in [-0.1, -0.05) is 32.4 Å². The molecule has 0 saturated carbocycles. The second-order valence-electron chi connectivity index (χ2n) is 4.86. The van der Waals surface area contributed by atoms with Crippen LogP contribution in [0.3, 0.4) is 0 Å². The summed E-state index contributed by atoms with van der Waals surface area (Å²) in [5, 5.41) is 12.5. The molecule has 1 aromatic heterocycles. The lowest BCUT2D eigenvalue weighted by Crippen LogP contribution is -2.27. The Labute approximate surface area is 119 Å². The number of pyridine rings is 1. The first-order valence-electron chi connectivity index (χ1n) is 6.57. The fraction of sp³-hybridized carbons (Fsp3) is 0.571. The molecule has 1 aromatic rings. The van der Waals surface area contributed by atoms with Gasteiger partial charge in [0, 0.05) is 17.8 Å². The maximum absolute atomic E-state index is 12.0. The molecule has 0 bridgehead atoms. The number of aliphatic hydroxyl groups excluding tert-OH is 1. The average molecular weight is 285 g/mol. The van der Waals surface area contributed by atoms with Crippen molar-refractivity contribution in [2.45, 2.75) is 45.6 Å². The van der Waals surface area contributed by atoms with Crippen molar-refractivity contribution in [1.82, 2.24) is 10.3 Å². The molecule has 4 nitrogen and oxygen atoms in total. The van der Waals surface area contributed by atoms with Crippen molar-refractivity contribution in [3.05, 3.63) is 28.5 Å². The van der Waals surface area contributed by atoms with Crippen molar-refractivity contribution >= 4 is 17.5 Å². The Morgan fingerprint density at radius 2 is 2.16 bits per heavy atom. The van der Waals surface area contributed by atoms with Crippen LogP contribution in [0.2, 0.25) is 5.15 Å². The van der Waals surface area contributed by atoms with Gasteiger partial charge in [-0.05, 0) is 30.9 Å². The highest BCUT2D eigenvalue weighted by molar-refractivity contribution is 6.29. The number of amides is 1. The minimum atomic E-state index is -0.368. The summed E-state index contributed by atoms with van der Waals surface area (Å²) in [6.45, 7) is 6.35. The first kappa shape index (κ1) is 15.9. The maximum atomic E-state index is 12.0. The Bertz CT molecular complexity index is 435. The van der Waals surface area contributed by atoms with E-state index in [0.29, 0.717) is 30.1 Å². The largest absolute Gasteiger partial charge is 0.393 e. The zero-order valence-corrected chi connectivity index (χ0v) is 12.4. The van der Waals surface area contributed by atoms with Gasteiger partial charge in [0.05, 0.1) is 6.10 Å². The molecule has 19 heavy (non-hydrogen) atoms. The summed E-state index contributed by atoms with van der Waals surface area (Å²) in [4.78, 5) is 16.1. The molecule has 0 spiro atoms.